The van der Waals surface area contributed by atoms with Gasteiger partial charge in [-0.15, -0.1) is 11.6 Å². The summed E-state index contributed by atoms with van der Waals surface area (Å²) in [6, 6.07) is 6.66. The van der Waals surface area contributed by atoms with Gasteiger partial charge in [0.1, 0.15) is 0 Å². The van der Waals surface area contributed by atoms with Crippen LogP contribution in [0.4, 0.5) is 0 Å². The Bertz CT molecular complexity index is 489. The highest BCUT2D eigenvalue weighted by Gasteiger charge is 2.47. The molecule has 1 aromatic carbocycles. The maximum absolute atomic E-state index is 12.0. The van der Waals surface area contributed by atoms with E-state index in [-0.39, 0.29) is 4.90 Å². The monoisotopic (exact) mass is 274 g/mol. The molecule has 0 bridgehead atoms. The first-order valence-corrected chi connectivity index (χ1v) is 7.50. The maximum Gasteiger partial charge on any atom is 0.297 e. The van der Waals surface area contributed by atoms with Crippen molar-refractivity contribution in [1.82, 2.24) is 0 Å². The Kier molecular flexibility index (Phi) is 3.48. The molecule has 1 aliphatic carbocycles. The van der Waals surface area contributed by atoms with E-state index in [0.29, 0.717) is 12.3 Å². The van der Waals surface area contributed by atoms with Crippen molar-refractivity contribution in [2.75, 3.05) is 5.88 Å². The first-order chi connectivity index (χ1) is 7.97. The van der Waals surface area contributed by atoms with Crippen molar-refractivity contribution >= 4 is 21.7 Å². The number of hydrogen-bond donors (Lipinski definition) is 0. The molecule has 0 unspecified atom stereocenters. The van der Waals surface area contributed by atoms with Gasteiger partial charge >= 0.3 is 0 Å². The van der Waals surface area contributed by atoms with E-state index in [0.717, 1.165) is 18.4 Å². The van der Waals surface area contributed by atoms with Crippen molar-refractivity contribution in [3.63, 3.8) is 0 Å². The second-order valence-corrected chi connectivity index (χ2v) is 6.40. The molecule has 2 rings (SSSR count). The molecule has 0 aliphatic heterocycles. The van der Waals surface area contributed by atoms with Crippen LogP contribution in [0, 0.1) is 6.92 Å². The van der Waals surface area contributed by atoms with Gasteiger partial charge in [0.2, 0.25) is 0 Å². The van der Waals surface area contributed by atoms with Crippen molar-refractivity contribution in [3.8, 4) is 0 Å². The molecular formula is C12H15ClO3S. The normalized spacial score (nSPS) is 18.0. The minimum atomic E-state index is -3.65. The summed E-state index contributed by atoms with van der Waals surface area (Å²) in [4.78, 5) is 0.212. The number of halogens is 1. The fraction of sp³-hybridized carbons (Fsp3) is 0.500. The molecule has 3 nitrogen and oxygen atoms in total. The van der Waals surface area contributed by atoms with E-state index in [1.165, 1.54) is 0 Å². The molecule has 0 atom stereocenters. The Balaban J connectivity index is 2.17. The minimum Gasteiger partial charge on any atom is -0.260 e. The molecule has 17 heavy (non-hydrogen) atoms. The lowest BCUT2D eigenvalue weighted by Crippen LogP contribution is -2.20. The van der Waals surface area contributed by atoms with Crippen LogP contribution in [0.1, 0.15) is 24.8 Å². The Morgan fingerprint density at radius 1 is 1.29 bits per heavy atom. The van der Waals surface area contributed by atoms with Crippen LogP contribution in [0.3, 0.4) is 0 Å². The van der Waals surface area contributed by atoms with Gasteiger partial charge in [0.05, 0.1) is 10.5 Å². The third-order valence-corrected chi connectivity index (χ3v) is 4.57. The number of alkyl halides is 1. The predicted molar refractivity (Wildman–Crippen MR) is 66.8 cm³/mol. The lowest BCUT2D eigenvalue weighted by molar-refractivity contribution is 0.184. The van der Waals surface area contributed by atoms with Crippen molar-refractivity contribution in [2.24, 2.45) is 0 Å². The van der Waals surface area contributed by atoms with Crippen LogP contribution in [0.25, 0.3) is 0 Å². The maximum atomic E-state index is 12.0. The summed E-state index contributed by atoms with van der Waals surface area (Å²) in [5, 5.41) is 0. The molecule has 0 saturated heterocycles. The van der Waals surface area contributed by atoms with Gasteiger partial charge in [-0.05, 0) is 38.3 Å². The number of rotatable bonds is 5. The van der Waals surface area contributed by atoms with Crippen LogP contribution < -0.4 is 0 Å². The fourth-order valence-electron chi connectivity index (χ4n) is 1.67. The summed E-state index contributed by atoms with van der Waals surface area (Å²) >= 11 is 5.65. The average Bonchev–Trinajstić information content (AvgIpc) is 2.98. The summed E-state index contributed by atoms with van der Waals surface area (Å²) in [5.41, 5.74) is 0.483. The van der Waals surface area contributed by atoms with Gasteiger partial charge in [0.25, 0.3) is 10.1 Å². The van der Waals surface area contributed by atoms with Crippen LogP contribution in [0.5, 0.6) is 0 Å². The molecule has 0 aromatic heterocycles. The highest BCUT2D eigenvalue weighted by atomic mass is 35.5. The number of benzene rings is 1. The van der Waals surface area contributed by atoms with Gasteiger partial charge in [-0.2, -0.15) is 8.42 Å². The molecule has 0 heterocycles. The van der Waals surface area contributed by atoms with Crippen molar-refractivity contribution in [2.45, 2.75) is 36.7 Å². The molecule has 1 aliphatic rings. The molecule has 0 radical (unpaired) electrons. The van der Waals surface area contributed by atoms with Crippen molar-refractivity contribution in [3.05, 3.63) is 29.8 Å². The fourth-order valence-corrected chi connectivity index (χ4v) is 3.30. The van der Waals surface area contributed by atoms with Gasteiger partial charge in [-0.3, -0.25) is 4.18 Å². The predicted octanol–water partition coefficient (Wildman–Crippen LogP) is 2.86. The molecule has 94 valence electrons. The van der Waals surface area contributed by atoms with E-state index < -0.39 is 15.7 Å². The van der Waals surface area contributed by atoms with E-state index in [4.69, 9.17) is 15.8 Å². The molecule has 0 amide bonds. The Hall–Kier alpha value is -0.580. The lowest BCUT2D eigenvalue weighted by atomic mass is 10.2. The standard InChI is InChI=1S/C12H15ClO3S/c1-10-2-4-11(5-3-10)17(14,15)16-12(6-7-12)8-9-13/h2-5H,6-9H2,1H3. The van der Waals surface area contributed by atoms with E-state index >= 15 is 0 Å². The molecule has 0 N–H and O–H groups in total. The smallest absolute Gasteiger partial charge is 0.260 e. The summed E-state index contributed by atoms with van der Waals surface area (Å²) < 4.78 is 29.3. The first-order valence-electron chi connectivity index (χ1n) is 5.56. The first kappa shape index (κ1) is 12.9. The van der Waals surface area contributed by atoms with Crippen LogP contribution in [-0.4, -0.2) is 19.9 Å². The van der Waals surface area contributed by atoms with Gasteiger partial charge in [0.15, 0.2) is 0 Å². The summed E-state index contributed by atoms with van der Waals surface area (Å²) in [6.07, 6.45) is 2.12. The Labute approximate surface area is 107 Å². The van der Waals surface area contributed by atoms with Crippen molar-refractivity contribution in [1.29, 1.82) is 0 Å². The molecule has 1 aromatic rings. The molecule has 5 heteroatoms. The quantitative estimate of drug-likeness (QED) is 0.613. The van der Waals surface area contributed by atoms with Crippen LogP contribution in [-0.2, 0) is 14.3 Å². The number of hydrogen-bond acceptors (Lipinski definition) is 3. The zero-order valence-corrected chi connectivity index (χ0v) is 11.2. The topological polar surface area (TPSA) is 43.4 Å². The third kappa shape index (κ3) is 3.00. The Morgan fingerprint density at radius 3 is 2.35 bits per heavy atom. The highest BCUT2D eigenvalue weighted by Crippen LogP contribution is 2.45. The van der Waals surface area contributed by atoms with Crippen LogP contribution in [0.15, 0.2) is 29.2 Å². The third-order valence-electron chi connectivity index (χ3n) is 2.95. The SMILES string of the molecule is Cc1ccc(S(=O)(=O)OC2(CCCl)CC2)cc1. The summed E-state index contributed by atoms with van der Waals surface area (Å²) in [5.74, 6) is 0.420. The van der Waals surface area contributed by atoms with Crippen molar-refractivity contribution < 1.29 is 12.6 Å². The second-order valence-electron chi connectivity index (χ2n) is 4.47. The summed E-state index contributed by atoms with van der Waals surface area (Å²) in [6.45, 7) is 1.91. The van der Waals surface area contributed by atoms with Gasteiger partial charge in [0, 0.05) is 5.88 Å². The highest BCUT2D eigenvalue weighted by molar-refractivity contribution is 7.86. The number of aryl methyl sites for hydroxylation is 1. The van der Waals surface area contributed by atoms with Gasteiger partial charge in [-0.25, -0.2) is 0 Å². The second kappa shape index (κ2) is 4.59. The van der Waals surface area contributed by atoms with Gasteiger partial charge < -0.3 is 0 Å². The largest absolute Gasteiger partial charge is 0.297 e. The van der Waals surface area contributed by atoms with E-state index in [1.807, 2.05) is 6.92 Å². The van der Waals surface area contributed by atoms with Crippen LogP contribution in [0.2, 0.25) is 0 Å². The Morgan fingerprint density at radius 2 is 1.88 bits per heavy atom. The molecule has 0 spiro atoms. The zero-order chi connectivity index (χ0) is 12.5. The van der Waals surface area contributed by atoms with E-state index in [9.17, 15) is 8.42 Å². The molecule has 1 saturated carbocycles. The van der Waals surface area contributed by atoms with E-state index in [1.54, 1.807) is 24.3 Å². The van der Waals surface area contributed by atoms with Crippen LogP contribution >= 0.6 is 11.6 Å². The average molecular weight is 275 g/mol. The lowest BCUT2D eigenvalue weighted by Gasteiger charge is -2.14. The molecule has 1 fully saturated rings. The zero-order valence-electron chi connectivity index (χ0n) is 9.65. The molecular weight excluding hydrogens is 260 g/mol. The summed E-state index contributed by atoms with van der Waals surface area (Å²) in [7, 11) is -3.65. The van der Waals surface area contributed by atoms with E-state index in [2.05, 4.69) is 0 Å². The minimum absolute atomic E-state index is 0.212. The van der Waals surface area contributed by atoms with Gasteiger partial charge in [-0.1, -0.05) is 17.7 Å².